The molecule has 0 radical (unpaired) electrons. The number of halogens is 6. The summed E-state index contributed by atoms with van der Waals surface area (Å²) in [6, 6.07) is 6.64. The maximum absolute atomic E-state index is 13.1. The Morgan fingerprint density at radius 3 is 2.27 bits per heavy atom. The minimum absolute atomic E-state index is 0.00801. The lowest BCUT2D eigenvalue weighted by Gasteiger charge is -2.14. The summed E-state index contributed by atoms with van der Waals surface area (Å²) in [5.41, 5.74) is -2.45. The quantitative estimate of drug-likeness (QED) is 0.427. The molecule has 3 rings (SSSR count). The van der Waals surface area contributed by atoms with E-state index in [0.29, 0.717) is 0 Å². The molecule has 0 bridgehead atoms. The number of nitrogens with one attached hydrogen (secondary N) is 2. The fraction of sp³-hybridized carbons (Fsp3) is 0.300. The molecule has 3 heterocycles. The molecule has 0 fully saturated rings. The first-order valence-electron chi connectivity index (χ1n) is 9.54. The number of hydrogen-bond donors (Lipinski definition) is 3. The van der Waals surface area contributed by atoms with Gasteiger partial charge in [-0.05, 0) is 30.2 Å². The third-order valence-corrected chi connectivity index (χ3v) is 4.26. The van der Waals surface area contributed by atoms with E-state index < -0.39 is 23.7 Å². The van der Waals surface area contributed by atoms with E-state index in [1.807, 2.05) is 0 Å². The zero-order chi connectivity index (χ0) is 24.2. The number of anilines is 3. The fourth-order valence-corrected chi connectivity index (χ4v) is 2.59. The first-order chi connectivity index (χ1) is 15.5. The predicted molar refractivity (Wildman–Crippen MR) is 108 cm³/mol. The summed E-state index contributed by atoms with van der Waals surface area (Å²) >= 11 is 0. The molecule has 0 saturated carbocycles. The molecule has 33 heavy (non-hydrogen) atoms. The molecule has 3 N–H and O–H groups in total. The van der Waals surface area contributed by atoms with Gasteiger partial charge in [-0.25, -0.2) is 15.0 Å². The van der Waals surface area contributed by atoms with Crippen LogP contribution in [0.25, 0.3) is 11.5 Å². The summed E-state index contributed by atoms with van der Waals surface area (Å²) in [4.78, 5) is 15.1. The first-order valence-corrected chi connectivity index (χ1v) is 9.54. The number of pyridine rings is 2. The second-order valence-corrected chi connectivity index (χ2v) is 7.09. The molecule has 0 aliphatic heterocycles. The van der Waals surface area contributed by atoms with E-state index in [1.165, 1.54) is 18.2 Å². The third-order valence-electron chi connectivity index (χ3n) is 4.26. The summed E-state index contributed by atoms with van der Waals surface area (Å²) in [7, 11) is 0. The van der Waals surface area contributed by atoms with Crippen LogP contribution in [-0.2, 0) is 12.4 Å². The number of nitrogens with zero attached hydrogens (tertiary/aromatic N) is 4. The van der Waals surface area contributed by atoms with Crippen molar-refractivity contribution in [2.24, 2.45) is 5.92 Å². The molecule has 0 aliphatic rings. The van der Waals surface area contributed by atoms with Gasteiger partial charge in [0.25, 0.3) is 0 Å². The topological polar surface area (TPSA) is 95.8 Å². The molecule has 3 aromatic rings. The molecule has 3 aromatic heterocycles. The highest BCUT2D eigenvalue weighted by Crippen LogP contribution is 2.31. The Labute approximate surface area is 184 Å². The van der Waals surface area contributed by atoms with E-state index in [2.05, 4.69) is 30.6 Å². The fourth-order valence-electron chi connectivity index (χ4n) is 2.59. The average molecular weight is 472 g/mol. The zero-order valence-corrected chi connectivity index (χ0v) is 17.0. The Morgan fingerprint density at radius 1 is 0.909 bits per heavy atom. The smallest absolute Gasteiger partial charge is 0.396 e. The molecule has 1 atom stereocenters. The van der Waals surface area contributed by atoms with Crippen LogP contribution >= 0.6 is 0 Å². The van der Waals surface area contributed by atoms with Crippen LogP contribution in [0.3, 0.4) is 0 Å². The number of hydrogen-bond acceptors (Lipinski definition) is 7. The largest absolute Gasteiger partial charge is 0.433 e. The van der Waals surface area contributed by atoms with E-state index in [-0.39, 0.29) is 47.9 Å². The van der Waals surface area contributed by atoms with Gasteiger partial charge in [-0.2, -0.15) is 26.3 Å². The second-order valence-electron chi connectivity index (χ2n) is 7.09. The van der Waals surface area contributed by atoms with Gasteiger partial charge in [0.1, 0.15) is 28.7 Å². The van der Waals surface area contributed by atoms with Crippen LogP contribution in [0.15, 0.2) is 42.6 Å². The van der Waals surface area contributed by atoms with Crippen molar-refractivity contribution in [1.82, 2.24) is 19.9 Å². The molecular weight excluding hydrogens is 454 g/mol. The highest BCUT2D eigenvalue weighted by molar-refractivity contribution is 5.63. The van der Waals surface area contributed by atoms with Gasteiger partial charge in [0.15, 0.2) is 5.82 Å². The van der Waals surface area contributed by atoms with Crippen molar-refractivity contribution in [3.8, 4) is 11.5 Å². The molecule has 13 heteroatoms. The van der Waals surface area contributed by atoms with Crippen LogP contribution in [0.4, 0.5) is 43.7 Å². The number of aromatic nitrogens is 4. The van der Waals surface area contributed by atoms with Crippen LogP contribution in [0.2, 0.25) is 0 Å². The minimum Gasteiger partial charge on any atom is -0.396 e. The standard InChI is InChI=1S/C20H18F6N6O/c1-11(10-33)9-28-16-8-17(29-12-5-6-27-15(7-12)20(24,25)26)32-18(31-16)13-3-2-4-14(30-13)19(21,22)23/h2-8,11,33H,9-10H2,1H3,(H2,27,28,29,31,32). The van der Waals surface area contributed by atoms with Crippen molar-refractivity contribution < 1.29 is 31.4 Å². The zero-order valence-electron chi connectivity index (χ0n) is 17.0. The Balaban J connectivity index is 2.00. The van der Waals surface area contributed by atoms with Gasteiger partial charge in [0, 0.05) is 31.1 Å². The summed E-state index contributed by atoms with van der Waals surface area (Å²) in [6.07, 6.45) is -8.39. The normalized spacial score (nSPS) is 13.0. The predicted octanol–water partition coefficient (Wildman–Crippen LogP) is 4.76. The number of aliphatic hydroxyl groups is 1. The van der Waals surface area contributed by atoms with Crippen LogP contribution < -0.4 is 10.6 Å². The van der Waals surface area contributed by atoms with E-state index in [4.69, 9.17) is 0 Å². The molecule has 0 aliphatic carbocycles. The van der Waals surface area contributed by atoms with Crippen LogP contribution in [0, 0.1) is 5.92 Å². The van der Waals surface area contributed by atoms with Gasteiger partial charge in [-0.3, -0.25) is 4.98 Å². The monoisotopic (exact) mass is 472 g/mol. The summed E-state index contributed by atoms with van der Waals surface area (Å²) in [5, 5.41) is 14.8. The Hall–Kier alpha value is -3.48. The lowest BCUT2D eigenvalue weighted by molar-refractivity contribution is -0.141. The number of aliphatic hydroxyl groups excluding tert-OH is 1. The highest BCUT2D eigenvalue weighted by atomic mass is 19.4. The molecule has 7 nitrogen and oxygen atoms in total. The minimum atomic E-state index is -4.69. The third kappa shape index (κ3) is 6.51. The van der Waals surface area contributed by atoms with Crippen LogP contribution in [-0.4, -0.2) is 38.2 Å². The van der Waals surface area contributed by atoms with Crippen LogP contribution in [0.5, 0.6) is 0 Å². The van der Waals surface area contributed by atoms with Gasteiger partial charge in [0.05, 0.1) is 0 Å². The van der Waals surface area contributed by atoms with Crippen LogP contribution in [0.1, 0.15) is 18.3 Å². The summed E-state index contributed by atoms with van der Waals surface area (Å²) in [5.74, 6) is -0.166. The number of rotatable bonds is 7. The molecule has 0 saturated heterocycles. The number of alkyl halides is 6. The molecule has 0 amide bonds. The molecular formula is C20H18F6N6O. The SMILES string of the molecule is CC(CO)CNc1cc(Nc2ccnc(C(F)(F)F)c2)nc(-c2cccc(C(F)(F)F)n2)n1. The van der Waals surface area contributed by atoms with E-state index >= 15 is 0 Å². The van der Waals surface area contributed by atoms with Gasteiger partial charge < -0.3 is 15.7 Å². The lowest BCUT2D eigenvalue weighted by Crippen LogP contribution is -2.16. The van der Waals surface area contributed by atoms with Crippen molar-refractivity contribution in [1.29, 1.82) is 0 Å². The van der Waals surface area contributed by atoms with Gasteiger partial charge >= 0.3 is 12.4 Å². The summed E-state index contributed by atoms with van der Waals surface area (Å²) in [6.45, 7) is 1.90. The first kappa shape index (κ1) is 24.2. The van der Waals surface area contributed by atoms with E-state index in [0.717, 1.165) is 24.4 Å². The van der Waals surface area contributed by atoms with E-state index in [9.17, 15) is 31.4 Å². The van der Waals surface area contributed by atoms with Crippen molar-refractivity contribution in [2.75, 3.05) is 23.8 Å². The van der Waals surface area contributed by atoms with Gasteiger partial charge in [-0.1, -0.05) is 13.0 Å². The Morgan fingerprint density at radius 2 is 1.61 bits per heavy atom. The Bertz CT molecular complexity index is 1100. The molecule has 0 spiro atoms. The van der Waals surface area contributed by atoms with Gasteiger partial charge in [-0.15, -0.1) is 0 Å². The maximum atomic E-state index is 13.1. The molecule has 176 valence electrons. The van der Waals surface area contributed by atoms with Crippen molar-refractivity contribution >= 4 is 17.3 Å². The average Bonchev–Trinajstić information content (AvgIpc) is 2.76. The second kappa shape index (κ2) is 9.57. The maximum Gasteiger partial charge on any atom is 0.433 e. The van der Waals surface area contributed by atoms with Crippen molar-refractivity contribution in [2.45, 2.75) is 19.3 Å². The van der Waals surface area contributed by atoms with Crippen molar-refractivity contribution in [3.63, 3.8) is 0 Å². The van der Waals surface area contributed by atoms with Gasteiger partial charge in [0.2, 0.25) is 0 Å². The summed E-state index contributed by atoms with van der Waals surface area (Å²) < 4.78 is 78.0. The Kier molecular flexibility index (Phi) is 7.01. The molecule has 1 unspecified atom stereocenters. The lowest BCUT2D eigenvalue weighted by atomic mass is 10.2. The van der Waals surface area contributed by atoms with E-state index in [1.54, 1.807) is 6.92 Å². The molecule has 0 aromatic carbocycles. The van der Waals surface area contributed by atoms with Crippen molar-refractivity contribution in [3.05, 3.63) is 54.0 Å². The highest BCUT2D eigenvalue weighted by Gasteiger charge is 2.33.